The molecule has 0 saturated carbocycles. The number of fused-ring (bicyclic) bond motifs is 3. The van der Waals surface area contributed by atoms with Crippen molar-refractivity contribution >= 4 is 21.9 Å². The van der Waals surface area contributed by atoms with E-state index in [9.17, 15) is 0 Å². The first-order valence-electron chi connectivity index (χ1n) is 8.83. The lowest BCUT2D eigenvalue weighted by atomic mass is 10.1. The average Bonchev–Trinajstić information content (AvgIpc) is 2.89. The van der Waals surface area contributed by atoms with Crippen molar-refractivity contribution in [3.05, 3.63) is 22.4 Å². The zero-order valence-corrected chi connectivity index (χ0v) is 16.6. The second-order valence-corrected chi connectivity index (χ2v) is 7.72. The molecule has 3 aliphatic heterocycles. The van der Waals surface area contributed by atoms with Crippen LogP contribution in [0.25, 0.3) is 0 Å². The van der Waals surface area contributed by atoms with E-state index >= 15 is 0 Å². The fraction of sp³-hybridized carbons (Fsp3) is 0.706. The summed E-state index contributed by atoms with van der Waals surface area (Å²) < 4.78 is 3.28. The number of hydrogen-bond acceptors (Lipinski definition) is 3. The third kappa shape index (κ3) is 4.13. The smallest absolute Gasteiger partial charge is 0.194 e. The van der Waals surface area contributed by atoms with Gasteiger partial charge in [0.2, 0.25) is 0 Å². The summed E-state index contributed by atoms with van der Waals surface area (Å²) in [5.41, 5.74) is 1.27. The van der Waals surface area contributed by atoms with Gasteiger partial charge in [-0.3, -0.25) is 14.8 Å². The largest absolute Gasteiger partial charge is 0.357 e. The molecule has 4 heterocycles. The number of aryl methyl sites for hydroxylation is 1. The maximum absolute atomic E-state index is 4.93. The van der Waals surface area contributed by atoms with Crippen molar-refractivity contribution in [3.8, 4) is 0 Å². The molecule has 1 atom stereocenters. The summed E-state index contributed by atoms with van der Waals surface area (Å²) in [5, 5.41) is 3.44. The van der Waals surface area contributed by atoms with E-state index in [1.54, 1.807) is 0 Å². The minimum absolute atomic E-state index is 0.568. The molecule has 7 heteroatoms. The van der Waals surface area contributed by atoms with Gasteiger partial charge in [0.1, 0.15) is 0 Å². The Morgan fingerprint density at radius 1 is 1.38 bits per heavy atom. The summed E-state index contributed by atoms with van der Waals surface area (Å²) in [7, 11) is 4.19. The van der Waals surface area contributed by atoms with Crippen LogP contribution in [0.1, 0.15) is 12.6 Å². The highest BCUT2D eigenvalue weighted by Crippen LogP contribution is 2.17. The Morgan fingerprint density at radius 2 is 2.12 bits per heavy atom. The molecular weight excluding hydrogens is 368 g/mol. The molecule has 3 aliphatic rings. The van der Waals surface area contributed by atoms with Crippen LogP contribution in [-0.4, -0.2) is 84.1 Å². The molecule has 0 aromatic carbocycles. The Bertz CT molecular complexity index is 576. The van der Waals surface area contributed by atoms with Gasteiger partial charge in [0, 0.05) is 75.8 Å². The molecule has 4 rings (SSSR count). The Kier molecular flexibility index (Phi) is 5.84. The monoisotopic (exact) mass is 396 g/mol. The molecule has 1 aromatic heterocycles. The van der Waals surface area contributed by atoms with Gasteiger partial charge in [-0.25, -0.2) is 0 Å². The van der Waals surface area contributed by atoms with Gasteiger partial charge < -0.3 is 14.8 Å². The molecule has 1 aromatic rings. The lowest BCUT2D eigenvalue weighted by Gasteiger charge is -2.47. The summed E-state index contributed by atoms with van der Waals surface area (Å²) in [6.07, 6.45) is 2.09. The highest BCUT2D eigenvalue weighted by molar-refractivity contribution is 9.10. The molecule has 3 saturated heterocycles. The molecule has 0 spiro atoms. The maximum Gasteiger partial charge on any atom is 0.194 e. The summed E-state index contributed by atoms with van der Waals surface area (Å²) in [6, 6.07) is 2.73. The number of nitrogens with zero attached hydrogens (tertiary/aromatic N) is 5. The fourth-order valence-electron chi connectivity index (χ4n) is 3.60. The normalized spacial score (nSPS) is 26.7. The van der Waals surface area contributed by atoms with Crippen molar-refractivity contribution in [3.63, 3.8) is 0 Å². The molecule has 1 N–H and O–H groups in total. The minimum atomic E-state index is 0.568. The van der Waals surface area contributed by atoms with E-state index in [1.807, 2.05) is 0 Å². The number of halogens is 1. The Morgan fingerprint density at radius 3 is 2.67 bits per heavy atom. The van der Waals surface area contributed by atoms with E-state index < -0.39 is 0 Å². The highest BCUT2D eigenvalue weighted by Gasteiger charge is 2.31. The predicted molar refractivity (Wildman–Crippen MR) is 102 cm³/mol. The van der Waals surface area contributed by atoms with Crippen molar-refractivity contribution in [2.45, 2.75) is 19.5 Å². The third-order valence-electron chi connectivity index (χ3n) is 5.01. The minimum Gasteiger partial charge on any atom is -0.357 e. The molecule has 0 amide bonds. The number of aromatic nitrogens is 1. The van der Waals surface area contributed by atoms with Crippen molar-refractivity contribution in [2.75, 3.05) is 52.9 Å². The van der Waals surface area contributed by atoms with Crippen LogP contribution in [0.2, 0.25) is 0 Å². The van der Waals surface area contributed by atoms with Gasteiger partial charge in [0.15, 0.2) is 5.96 Å². The Hall–Kier alpha value is -1.05. The van der Waals surface area contributed by atoms with Gasteiger partial charge in [0.25, 0.3) is 0 Å². The average molecular weight is 397 g/mol. The van der Waals surface area contributed by atoms with Gasteiger partial charge in [-0.2, -0.15) is 0 Å². The number of rotatable bonds is 5. The van der Waals surface area contributed by atoms with Gasteiger partial charge in [-0.1, -0.05) is 0 Å². The quantitative estimate of drug-likeness (QED) is 0.599. The second-order valence-electron chi connectivity index (χ2n) is 6.80. The first-order valence-corrected chi connectivity index (χ1v) is 9.62. The van der Waals surface area contributed by atoms with Crippen LogP contribution < -0.4 is 5.32 Å². The topological polar surface area (TPSA) is 39.0 Å². The summed E-state index contributed by atoms with van der Waals surface area (Å²) in [5.74, 6) is 0.993. The van der Waals surface area contributed by atoms with E-state index in [-0.39, 0.29) is 0 Å². The van der Waals surface area contributed by atoms with E-state index in [0.29, 0.717) is 6.04 Å². The standard InChI is InChI=1S/C17H29BrN6/c1-4-19-17(22(3)12-15-9-14(18)11-21(15)2)20-10-16-13-23-5-7-24(16)8-6-23/h9,11,16H,4-8,10,12-13H2,1-3H3,(H,19,20). The lowest BCUT2D eigenvalue weighted by molar-refractivity contribution is 0.0173. The van der Waals surface area contributed by atoms with E-state index in [0.717, 1.165) is 36.6 Å². The molecule has 6 nitrogen and oxygen atoms in total. The van der Waals surface area contributed by atoms with E-state index in [1.165, 1.54) is 31.9 Å². The van der Waals surface area contributed by atoms with Crippen LogP contribution in [0.4, 0.5) is 0 Å². The van der Waals surface area contributed by atoms with E-state index in [4.69, 9.17) is 4.99 Å². The number of aliphatic imine (C=N–C) groups is 1. The molecule has 2 bridgehead atoms. The lowest BCUT2D eigenvalue weighted by Crippen LogP contribution is -2.62. The third-order valence-corrected chi connectivity index (χ3v) is 5.45. The van der Waals surface area contributed by atoms with Crippen LogP contribution in [0.15, 0.2) is 21.7 Å². The number of piperazine rings is 3. The van der Waals surface area contributed by atoms with Crippen LogP contribution in [0.5, 0.6) is 0 Å². The summed E-state index contributed by atoms with van der Waals surface area (Å²) >= 11 is 3.55. The van der Waals surface area contributed by atoms with Crippen molar-refractivity contribution in [2.24, 2.45) is 12.0 Å². The van der Waals surface area contributed by atoms with Crippen LogP contribution in [0.3, 0.4) is 0 Å². The van der Waals surface area contributed by atoms with Crippen molar-refractivity contribution < 1.29 is 0 Å². The zero-order valence-electron chi connectivity index (χ0n) is 15.0. The first-order chi connectivity index (χ1) is 11.6. The number of guanidine groups is 1. The second kappa shape index (κ2) is 7.89. The number of nitrogens with one attached hydrogen (secondary N) is 1. The zero-order chi connectivity index (χ0) is 17.1. The maximum atomic E-state index is 4.93. The van der Waals surface area contributed by atoms with Gasteiger partial charge in [-0.15, -0.1) is 0 Å². The molecule has 24 heavy (non-hydrogen) atoms. The molecule has 134 valence electrons. The summed E-state index contributed by atoms with van der Waals surface area (Å²) in [4.78, 5) is 12.3. The van der Waals surface area contributed by atoms with Gasteiger partial charge in [0.05, 0.1) is 13.1 Å². The Balaban J connectivity index is 1.63. The van der Waals surface area contributed by atoms with Gasteiger partial charge in [-0.05, 0) is 28.9 Å². The highest BCUT2D eigenvalue weighted by atomic mass is 79.9. The van der Waals surface area contributed by atoms with E-state index in [2.05, 4.69) is 73.8 Å². The SMILES string of the molecule is CCNC(=NCC1CN2CCN1CC2)N(C)Cc1cc(Br)cn1C. The molecule has 0 aliphatic carbocycles. The molecule has 0 radical (unpaired) electrons. The predicted octanol–water partition coefficient (Wildman–Crippen LogP) is 1.18. The molecule has 1 unspecified atom stereocenters. The molecule has 3 fully saturated rings. The summed E-state index contributed by atoms with van der Waals surface area (Å²) in [6.45, 7) is 10.7. The number of hydrogen-bond donors (Lipinski definition) is 1. The van der Waals surface area contributed by atoms with Crippen LogP contribution >= 0.6 is 15.9 Å². The Labute approximate surface area is 153 Å². The van der Waals surface area contributed by atoms with Crippen molar-refractivity contribution in [1.29, 1.82) is 0 Å². The van der Waals surface area contributed by atoms with Crippen LogP contribution in [-0.2, 0) is 13.6 Å². The van der Waals surface area contributed by atoms with Gasteiger partial charge >= 0.3 is 0 Å². The first kappa shape index (κ1) is 17.8. The van der Waals surface area contributed by atoms with Crippen LogP contribution in [0, 0.1) is 0 Å². The molecular formula is C17H29BrN6. The fourth-order valence-corrected chi connectivity index (χ4v) is 4.17. The van der Waals surface area contributed by atoms with Crippen molar-refractivity contribution in [1.82, 2.24) is 24.6 Å².